The van der Waals surface area contributed by atoms with E-state index in [1.165, 1.54) is 0 Å². The van der Waals surface area contributed by atoms with Gasteiger partial charge in [-0.1, -0.05) is 22.0 Å². The molecule has 0 unspecified atom stereocenters. The predicted octanol–water partition coefficient (Wildman–Crippen LogP) is 3.10. The lowest BCUT2D eigenvalue weighted by atomic mass is 10.1. The molecule has 0 bridgehead atoms. The highest BCUT2D eigenvalue weighted by atomic mass is 79.9. The number of hydrogen-bond donors (Lipinski definition) is 1. The second-order valence-electron chi connectivity index (χ2n) is 5.14. The molecule has 0 atom stereocenters. The molecule has 0 heterocycles. The quantitative estimate of drug-likeness (QED) is 0.784. The molecule has 5 nitrogen and oxygen atoms in total. The van der Waals surface area contributed by atoms with Crippen molar-refractivity contribution in [2.75, 3.05) is 27.4 Å². The second kappa shape index (κ2) is 8.70. The molecule has 0 fully saturated rings. The Morgan fingerprint density at radius 1 is 1.17 bits per heavy atom. The molecule has 0 aliphatic rings. The van der Waals surface area contributed by atoms with Crippen LogP contribution in [0.5, 0.6) is 11.5 Å². The number of hydrogen-bond acceptors (Lipinski definition) is 4. The molecular weight excluding hydrogens is 374 g/mol. The number of nitrogens with zero attached hydrogens (tertiary/aromatic N) is 1. The molecule has 6 heteroatoms. The molecule has 1 amide bonds. The summed E-state index contributed by atoms with van der Waals surface area (Å²) in [7, 11) is 3.16. The highest BCUT2D eigenvalue weighted by molar-refractivity contribution is 9.10. The first-order valence-electron chi connectivity index (χ1n) is 7.45. The lowest BCUT2D eigenvalue weighted by Gasteiger charge is -2.23. The molecule has 0 radical (unpaired) electrons. The number of amides is 1. The van der Waals surface area contributed by atoms with E-state index in [0.717, 1.165) is 10.0 Å². The average molecular weight is 394 g/mol. The van der Waals surface area contributed by atoms with Gasteiger partial charge in [0.2, 0.25) is 0 Å². The zero-order valence-electron chi connectivity index (χ0n) is 13.7. The van der Waals surface area contributed by atoms with E-state index in [2.05, 4.69) is 15.9 Å². The number of benzene rings is 2. The third-order valence-corrected chi connectivity index (χ3v) is 4.08. The Balaban J connectivity index is 2.27. The molecule has 0 aliphatic carbocycles. The Bertz CT molecular complexity index is 705. The number of rotatable bonds is 7. The van der Waals surface area contributed by atoms with Crippen molar-refractivity contribution in [2.45, 2.75) is 6.54 Å². The number of aliphatic hydroxyl groups excluding tert-OH is 1. The van der Waals surface area contributed by atoms with Crippen molar-refractivity contribution in [3.05, 3.63) is 58.1 Å². The van der Waals surface area contributed by atoms with Gasteiger partial charge in [0.1, 0.15) is 11.5 Å². The van der Waals surface area contributed by atoms with Crippen LogP contribution in [-0.2, 0) is 6.54 Å². The summed E-state index contributed by atoms with van der Waals surface area (Å²) in [4.78, 5) is 14.3. The minimum atomic E-state index is -0.150. The summed E-state index contributed by atoms with van der Waals surface area (Å²) in [5.41, 5.74) is 1.40. The smallest absolute Gasteiger partial charge is 0.254 e. The summed E-state index contributed by atoms with van der Waals surface area (Å²) in [6.45, 7) is 0.456. The summed E-state index contributed by atoms with van der Waals surface area (Å²) in [6.07, 6.45) is 0. The average Bonchev–Trinajstić information content (AvgIpc) is 2.61. The van der Waals surface area contributed by atoms with E-state index in [1.807, 2.05) is 24.3 Å². The Morgan fingerprint density at radius 3 is 2.58 bits per heavy atom. The fraction of sp³-hybridized carbons (Fsp3) is 0.278. The van der Waals surface area contributed by atoms with Crippen molar-refractivity contribution >= 4 is 21.8 Å². The van der Waals surface area contributed by atoms with Crippen LogP contribution in [0.4, 0.5) is 0 Å². The molecule has 0 spiro atoms. The Kier molecular flexibility index (Phi) is 6.63. The molecule has 128 valence electrons. The maximum Gasteiger partial charge on any atom is 0.254 e. The van der Waals surface area contributed by atoms with Crippen LogP contribution in [-0.4, -0.2) is 43.3 Å². The molecule has 24 heavy (non-hydrogen) atoms. The van der Waals surface area contributed by atoms with Gasteiger partial charge in [-0.05, 0) is 30.3 Å². The molecule has 0 aliphatic heterocycles. The Labute approximate surface area is 149 Å². The molecule has 2 aromatic rings. The lowest BCUT2D eigenvalue weighted by molar-refractivity contribution is 0.0706. The maximum absolute atomic E-state index is 12.7. The summed E-state index contributed by atoms with van der Waals surface area (Å²) in [5.74, 6) is 1.17. The first kappa shape index (κ1) is 18.3. The third kappa shape index (κ3) is 4.49. The van der Waals surface area contributed by atoms with Crippen LogP contribution in [0.3, 0.4) is 0 Å². The van der Waals surface area contributed by atoms with Gasteiger partial charge in [0, 0.05) is 34.8 Å². The summed E-state index contributed by atoms with van der Waals surface area (Å²) >= 11 is 3.37. The van der Waals surface area contributed by atoms with Gasteiger partial charge < -0.3 is 19.5 Å². The zero-order chi connectivity index (χ0) is 17.5. The molecule has 2 aromatic carbocycles. The van der Waals surface area contributed by atoms with E-state index in [-0.39, 0.29) is 19.1 Å². The SMILES string of the molecule is COc1ccc(CN(CCO)C(=O)c2cccc(Br)c2)c(OC)c1. The highest BCUT2D eigenvalue weighted by Gasteiger charge is 2.18. The molecule has 0 saturated carbocycles. The second-order valence-corrected chi connectivity index (χ2v) is 6.05. The topological polar surface area (TPSA) is 59.0 Å². The van der Waals surface area contributed by atoms with Gasteiger partial charge in [0.15, 0.2) is 0 Å². The van der Waals surface area contributed by atoms with E-state index >= 15 is 0 Å². The van der Waals surface area contributed by atoms with Gasteiger partial charge in [-0.25, -0.2) is 0 Å². The Morgan fingerprint density at radius 2 is 1.96 bits per heavy atom. The first-order valence-corrected chi connectivity index (χ1v) is 8.25. The van der Waals surface area contributed by atoms with Gasteiger partial charge in [0.25, 0.3) is 5.91 Å². The molecule has 0 aromatic heterocycles. The number of carbonyl (C=O) groups is 1. The molecule has 2 rings (SSSR count). The van der Waals surface area contributed by atoms with Crippen molar-refractivity contribution in [1.29, 1.82) is 0 Å². The van der Waals surface area contributed by atoms with Gasteiger partial charge in [-0.15, -0.1) is 0 Å². The van der Waals surface area contributed by atoms with E-state index in [1.54, 1.807) is 37.3 Å². The lowest BCUT2D eigenvalue weighted by Crippen LogP contribution is -2.33. The maximum atomic E-state index is 12.7. The van der Waals surface area contributed by atoms with Crippen LogP contribution in [0.1, 0.15) is 15.9 Å². The van der Waals surface area contributed by atoms with Crippen molar-refractivity contribution in [3.8, 4) is 11.5 Å². The summed E-state index contributed by atoms with van der Waals surface area (Å²) in [5, 5.41) is 9.32. The van der Waals surface area contributed by atoms with Crippen molar-refractivity contribution < 1.29 is 19.4 Å². The zero-order valence-corrected chi connectivity index (χ0v) is 15.2. The monoisotopic (exact) mass is 393 g/mol. The number of aliphatic hydroxyl groups is 1. The van der Waals surface area contributed by atoms with Crippen LogP contribution < -0.4 is 9.47 Å². The molecule has 0 saturated heterocycles. The number of ether oxygens (including phenoxy) is 2. The fourth-order valence-electron chi connectivity index (χ4n) is 2.37. The van der Waals surface area contributed by atoms with Gasteiger partial charge >= 0.3 is 0 Å². The summed E-state index contributed by atoms with van der Waals surface area (Å²) < 4.78 is 11.4. The van der Waals surface area contributed by atoms with Crippen LogP contribution >= 0.6 is 15.9 Å². The largest absolute Gasteiger partial charge is 0.497 e. The minimum absolute atomic E-state index is 0.113. The van der Waals surface area contributed by atoms with Crippen LogP contribution in [0.25, 0.3) is 0 Å². The van der Waals surface area contributed by atoms with Gasteiger partial charge in [-0.3, -0.25) is 4.79 Å². The number of methoxy groups -OCH3 is 2. The minimum Gasteiger partial charge on any atom is -0.497 e. The van der Waals surface area contributed by atoms with Crippen LogP contribution in [0, 0.1) is 0 Å². The van der Waals surface area contributed by atoms with Crippen molar-refractivity contribution in [2.24, 2.45) is 0 Å². The van der Waals surface area contributed by atoms with E-state index < -0.39 is 0 Å². The van der Waals surface area contributed by atoms with E-state index in [4.69, 9.17) is 9.47 Å². The Hall–Kier alpha value is -2.05. The number of carbonyl (C=O) groups excluding carboxylic acids is 1. The van der Waals surface area contributed by atoms with Crippen molar-refractivity contribution in [3.63, 3.8) is 0 Å². The third-order valence-electron chi connectivity index (χ3n) is 3.58. The molecular formula is C18H20BrNO4. The highest BCUT2D eigenvalue weighted by Crippen LogP contribution is 2.26. The number of halogens is 1. The first-order chi connectivity index (χ1) is 11.6. The van der Waals surface area contributed by atoms with Crippen LogP contribution in [0.15, 0.2) is 46.9 Å². The van der Waals surface area contributed by atoms with Crippen LogP contribution in [0.2, 0.25) is 0 Å². The fourth-order valence-corrected chi connectivity index (χ4v) is 2.76. The molecule has 1 N–H and O–H groups in total. The van der Waals surface area contributed by atoms with E-state index in [0.29, 0.717) is 23.6 Å². The standard InChI is InChI=1S/C18H20BrNO4/c1-23-16-7-6-14(17(11-16)24-2)12-20(8-9-21)18(22)13-4-3-5-15(19)10-13/h3-7,10-11,21H,8-9,12H2,1-2H3. The normalized spacial score (nSPS) is 10.3. The van der Waals surface area contributed by atoms with Crippen molar-refractivity contribution in [1.82, 2.24) is 4.90 Å². The van der Waals surface area contributed by atoms with Gasteiger partial charge in [-0.2, -0.15) is 0 Å². The van der Waals surface area contributed by atoms with Gasteiger partial charge in [0.05, 0.1) is 20.8 Å². The summed E-state index contributed by atoms with van der Waals surface area (Å²) in [6, 6.07) is 12.6. The van der Waals surface area contributed by atoms with E-state index in [9.17, 15) is 9.90 Å². The predicted molar refractivity (Wildman–Crippen MR) is 95.5 cm³/mol.